The second kappa shape index (κ2) is 8.22. The fraction of sp³-hybridized carbons (Fsp3) is 0.400. The van der Waals surface area contributed by atoms with Gasteiger partial charge in [0.05, 0.1) is 0 Å². The van der Waals surface area contributed by atoms with Gasteiger partial charge in [-0.25, -0.2) is 0 Å². The van der Waals surface area contributed by atoms with Crippen molar-refractivity contribution in [3.05, 3.63) is 71.4 Å². The maximum Gasteiger partial charge on any atom is 0.303 e. The molecule has 1 aliphatic carbocycles. The highest BCUT2D eigenvalue weighted by Crippen LogP contribution is 2.43. The van der Waals surface area contributed by atoms with E-state index >= 15 is 0 Å². The molecule has 0 saturated heterocycles. The van der Waals surface area contributed by atoms with Crippen molar-refractivity contribution >= 4 is 16.9 Å². The van der Waals surface area contributed by atoms with Crippen molar-refractivity contribution in [2.45, 2.75) is 57.3 Å². The average molecular weight is 376 g/mol. The molecule has 0 amide bonds. The number of aromatic amines is 1. The van der Waals surface area contributed by atoms with Crippen LogP contribution in [0.15, 0.2) is 54.7 Å². The molecule has 3 nitrogen and oxygen atoms in total. The van der Waals surface area contributed by atoms with Crippen LogP contribution in [0.25, 0.3) is 10.9 Å². The van der Waals surface area contributed by atoms with Gasteiger partial charge in [0.25, 0.3) is 0 Å². The SMILES string of the molecule is C[C@@H](C[C@H]1CC[C@H](c2ccc(CCC(=O)O)cc2)C1)c1cccc2cc[nH]c12. The monoisotopic (exact) mass is 375 g/mol. The molecule has 1 heterocycles. The summed E-state index contributed by atoms with van der Waals surface area (Å²) in [7, 11) is 0. The summed E-state index contributed by atoms with van der Waals surface area (Å²) in [5, 5.41) is 10.1. The van der Waals surface area contributed by atoms with E-state index in [1.807, 2.05) is 6.20 Å². The summed E-state index contributed by atoms with van der Waals surface area (Å²) < 4.78 is 0. The molecule has 1 aliphatic rings. The second-order valence-electron chi connectivity index (χ2n) is 8.44. The summed E-state index contributed by atoms with van der Waals surface area (Å²) in [6, 6.07) is 17.4. The molecular formula is C25H29NO2. The summed E-state index contributed by atoms with van der Waals surface area (Å²) in [6.07, 6.45) is 7.92. The minimum atomic E-state index is -0.730. The number of carbonyl (C=O) groups is 1. The topological polar surface area (TPSA) is 53.1 Å². The maximum absolute atomic E-state index is 10.7. The standard InChI is InChI=1S/C25H29NO2/c1-17(23-4-2-3-21-13-14-26-25(21)23)15-19-7-11-22(16-19)20-9-5-18(6-10-20)8-12-24(27)28/h2-6,9-10,13-14,17,19,22,26H,7-8,11-12,15-16H2,1H3,(H,27,28)/t17-,19+,22-/m0/s1. The number of carboxylic acid groups (broad SMARTS) is 1. The quantitative estimate of drug-likeness (QED) is 0.512. The van der Waals surface area contributed by atoms with Crippen LogP contribution in [0.3, 0.4) is 0 Å². The van der Waals surface area contributed by atoms with Crippen LogP contribution < -0.4 is 0 Å². The first-order valence-corrected chi connectivity index (χ1v) is 10.5. The van der Waals surface area contributed by atoms with Crippen LogP contribution in [0.5, 0.6) is 0 Å². The third-order valence-electron chi connectivity index (χ3n) is 6.46. The van der Waals surface area contributed by atoms with Crippen molar-refractivity contribution in [3.8, 4) is 0 Å². The van der Waals surface area contributed by atoms with E-state index in [2.05, 4.69) is 60.4 Å². The lowest BCUT2D eigenvalue weighted by Gasteiger charge is -2.18. The highest BCUT2D eigenvalue weighted by Gasteiger charge is 2.27. The molecule has 3 aromatic rings. The maximum atomic E-state index is 10.7. The lowest BCUT2D eigenvalue weighted by Crippen LogP contribution is -2.03. The van der Waals surface area contributed by atoms with Gasteiger partial charge in [-0.3, -0.25) is 4.79 Å². The van der Waals surface area contributed by atoms with Gasteiger partial charge in [-0.15, -0.1) is 0 Å². The predicted octanol–water partition coefficient (Wildman–Crippen LogP) is 6.26. The van der Waals surface area contributed by atoms with Crippen molar-refractivity contribution in [3.63, 3.8) is 0 Å². The number of nitrogens with one attached hydrogen (secondary N) is 1. The van der Waals surface area contributed by atoms with E-state index in [-0.39, 0.29) is 6.42 Å². The summed E-state index contributed by atoms with van der Waals surface area (Å²) in [5.74, 6) is 1.25. The molecule has 3 atom stereocenters. The Labute approximate surface area is 166 Å². The van der Waals surface area contributed by atoms with Gasteiger partial charge >= 0.3 is 5.97 Å². The third-order valence-corrected chi connectivity index (χ3v) is 6.46. The zero-order chi connectivity index (χ0) is 19.5. The first-order valence-electron chi connectivity index (χ1n) is 10.5. The Hall–Kier alpha value is -2.55. The Morgan fingerprint density at radius 1 is 1.14 bits per heavy atom. The van der Waals surface area contributed by atoms with Crippen LogP contribution in [0.4, 0.5) is 0 Å². The normalized spacial score (nSPS) is 20.5. The minimum Gasteiger partial charge on any atom is -0.481 e. The lowest BCUT2D eigenvalue weighted by molar-refractivity contribution is -0.136. The zero-order valence-corrected chi connectivity index (χ0v) is 16.5. The number of carboxylic acids is 1. The number of hydrogen-bond acceptors (Lipinski definition) is 1. The van der Waals surface area contributed by atoms with Gasteiger partial charge in [-0.2, -0.15) is 0 Å². The Morgan fingerprint density at radius 2 is 1.96 bits per heavy atom. The van der Waals surface area contributed by atoms with Crippen molar-refractivity contribution in [1.82, 2.24) is 4.98 Å². The Balaban J connectivity index is 1.36. The molecule has 146 valence electrons. The smallest absolute Gasteiger partial charge is 0.303 e. The fourth-order valence-corrected chi connectivity index (χ4v) is 4.95. The van der Waals surface area contributed by atoms with Crippen LogP contribution in [0.1, 0.15) is 67.6 Å². The Kier molecular flexibility index (Phi) is 5.52. The van der Waals surface area contributed by atoms with Gasteiger partial charge in [0.15, 0.2) is 0 Å². The number of rotatable bonds is 7. The Bertz CT molecular complexity index is 941. The third kappa shape index (κ3) is 4.14. The van der Waals surface area contributed by atoms with Gasteiger partial charge in [-0.1, -0.05) is 49.4 Å². The number of para-hydroxylation sites is 1. The fourth-order valence-electron chi connectivity index (χ4n) is 4.95. The van der Waals surface area contributed by atoms with Crippen LogP contribution in [0.2, 0.25) is 0 Å². The Morgan fingerprint density at radius 3 is 2.75 bits per heavy atom. The van der Waals surface area contributed by atoms with Gasteiger partial charge in [-0.05, 0) is 78.0 Å². The molecule has 2 N–H and O–H groups in total. The highest BCUT2D eigenvalue weighted by atomic mass is 16.4. The van der Waals surface area contributed by atoms with Gasteiger partial charge in [0, 0.05) is 18.1 Å². The van der Waals surface area contributed by atoms with Crippen molar-refractivity contribution in [2.24, 2.45) is 5.92 Å². The molecule has 28 heavy (non-hydrogen) atoms. The number of fused-ring (bicyclic) bond motifs is 1. The van der Waals surface area contributed by atoms with Gasteiger partial charge in [0.1, 0.15) is 0 Å². The summed E-state index contributed by atoms with van der Waals surface area (Å²) >= 11 is 0. The lowest BCUT2D eigenvalue weighted by atomic mass is 9.87. The number of benzene rings is 2. The van der Waals surface area contributed by atoms with E-state index < -0.39 is 5.97 Å². The molecular weight excluding hydrogens is 346 g/mol. The van der Waals surface area contributed by atoms with Crippen molar-refractivity contribution < 1.29 is 9.90 Å². The molecule has 3 heteroatoms. The van der Waals surface area contributed by atoms with Crippen molar-refractivity contribution in [1.29, 1.82) is 0 Å². The summed E-state index contributed by atoms with van der Waals surface area (Å²) in [4.78, 5) is 14.1. The van der Waals surface area contributed by atoms with E-state index in [9.17, 15) is 4.79 Å². The molecule has 0 aliphatic heterocycles. The molecule has 0 radical (unpaired) electrons. The number of aliphatic carboxylic acids is 1. The van der Waals surface area contributed by atoms with E-state index in [1.54, 1.807) is 0 Å². The van der Waals surface area contributed by atoms with Crippen LogP contribution in [0, 0.1) is 5.92 Å². The van der Waals surface area contributed by atoms with E-state index in [4.69, 9.17) is 5.11 Å². The number of H-pyrrole nitrogens is 1. The first kappa shape index (κ1) is 18.8. The minimum absolute atomic E-state index is 0.205. The average Bonchev–Trinajstić information content (AvgIpc) is 3.35. The van der Waals surface area contributed by atoms with Crippen molar-refractivity contribution in [2.75, 3.05) is 0 Å². The van der Waals surface area contributed by atoms with Gasteiger partial charge < -0.3 is 10.1 Å². The van der Waals surface area contributed by atoms with Gasteiger partial charge in [0.2, 0.25) is 0 Å². The molecule has 1 fully saturated rings. The highest BCUT2D eigenvalue weighted by molar-refractivity contribution is 5.82. The van der Waals surface area contributed by atoms with E-state index in [1.165, 1.54) is 47.7 Å². The molecule has 4 rings (SSSR count). The van der Waals surface area contributed by atoms with E-state index in [0.717, 1.165) is 11.5 Å². The first-order chi connectivity index (χ1) is 13.6. The van der Waals surface area contributed by atoms with Crippen LogP contribution in [-0.4, -0.2) is 16.1 Å². The summed E-state index contributed by atoms with van der Waals surface area (Å²) in [6.45, 7) is 2.36. The number of aromatic nitrogens is 1. The molecule has 0 unspecified atom stereocenters. The molecule has 0 bridgehead atoms. The van der Waals surface area contributed by atoms with E-state index in [0.29, 0.717) is 18.3 Å². The van der Waals surface area contributed by atoms with Crippen LogP contribution >= 0.6 is 0 Å². The molecule has 2 aromatic carbocycles. The molecule has 0 spiro atoms. The number of aryl methyl sites for hydroxylation is 1. The predicted molar refractivity (Wildman–Crippen MR) is 114 cm³/mol. The molecule has 1 aromatic heterocycles. The second-order valence-corrected chi connectivity index (χ2v) is 8.44. The summed E-state index contributed by atoms with van der Waals surface area (Å²) in [5.41, 5.74) is 5.27. The largest absolute Gasteiger partial charge is 0.481 e. The number of hydrogen-bond donors (Lipinski definition) is 2. The molecule has 1 saturated carbocycles. The zero-order valence-electron chi connectivity index (χ0n) is 16.5. The van der Waals surface area contributed by atoms with Crippen LogP contribution in [-0.2, 0) is 11.2 Å².